The summed E-state index contributed by atoms with van der Waals surface area (Å²) in [5.41, 5.74) is -2.46. The number of rotatable bonds is 2. The fourth-order valence-electron chi connectivity index (χ4n) is 3.40. The summed E-state index contributed by atoms with van der Waals surface area (Å²) in [6, 6.07) is 6.68. The predicted molar refractivity (Wildman–Crippen MR) is 76.1 cm³/mol. The minimum Gasteiger partial charge on any atom is -0.468 e. The summed E-state index contributed by atoms with van der Waals surface area (Å²) >= 11 is 0. The number of carbonyl (C=O) groups is 3. The summed E-state index contributed by atoms with van der Waals surface area (Å²) in [5, 5.41) is 2.58. The number of ether oxygens (including phenoxy) is 2. The van der Waals surface area contributed by atoms with Gasteiger partial charge in [0.15, 0.2) is 5.41 Å². The highest BCUT2D eigenvalue weighted by Gasteiger charge is 2.67. The zero-order valence-corrected chi connectivity index (χ0v) is 12.2. The van der Waals surface area contributed by atoms with Gasteiger partial charge in [0.25, 0.3) is 5.91 Å². The van der Waals surface area contributed by atoms with Crippen LogP contribution in [0.25, 0.3) is 0 Å². The Balaban J connectivity index is 2.40. The van der Waals surface area contributed by atoms with E-state index >= 15 is 0 Å². The van der Waals surface area contributed by atoms with Gasteiger partial charge in [0.2, 0.25) is 11.5 Å². The third-order valence-electron chi connectivity index (χ3n) is 4.40. The molecule has 0 aromatic heterocycles. The molecular formula is C16H15NO5. The fourth-order valence-corrected chi connectivity index (χ4v) is 3.40. The molecule has 0 saturated heterocycles. The van der Waals surface area contributed by atoms with E-state index in [1.165, 1.54) is 20.3 Å². The van der Waals surface area contributed by atoms with Crippen molar-refractivity contribution in [3.8, 4) is 0 Å². The van der Waals surface area contributed by atoms with Crippen LogP contribution >= 0.6 is 0 Å². The van der Waals surface area contributed by atoms with E-state index in [0.29, 0.717) is 11.1 Å². The quantitative estimate of drug-likeness (QED) is 0.814. The Hall–Kier alpha value is -2.47. The second kappa shape index (κ2) is 4.78. The van der Waals surface area contributed by atoms with E-state index < -0.39 is 28.8 Å². The highest BCUT2D eigenvalue weighted by molar-refractivity contribution is 6.12. The number of methoxy groups -OCH3 is 2. The number of amides is 1. The SMILES string of the molecule is COC(=O)[C@]12CC=CC(=O)C1(OC)NC(=O)c1ccccc12. The summed E-state index contributed by atoms with van der Waals surface area (Å²) in [6.07, 6.45) is 3.11. The van der Waals surface area contributed by atoms with E-state index in [1.807, 2.05) is 0 Å². The van der Waals surface area contributed by atoms with Gasteiger partial charge in [-0.2, -0.15) is 0 Å². The molecule has 1 aliphatic carbocycles. The largest absolute Gasteiger partial charge is 0.468 e. The Labute approximate surface area is 127 Å². The lowest BCUT2D eigenvalue weighted by atomic mass is 9.62. The molecule has 3 rings (SSSR count). The van der Waals surface area contributed by atoms with E-state index in [-0.39, 0.29) is 6.42 Å². The van der Waals surface area contributed by atoms with Crippen molar-refractivity contribution in [3.63, 3.8) is 0 Å². The van der Waals surface area contributed by atoms with Crippen LogP contribution in [-0.2, 0) is 24.5 Å². The van der Waals surface area contributed by atoms with E-state index in [9.17, 15) is 14.4 Å². The lowest BCUT2D eigenvalue weighted by Crippen LogP contribution is -2.74. The second-order valence-electron chi connectivity index (χ2n) is 5.25. The summed E-state index contributed by atoms with van der Waals surface area (Å²) in [5.74, 6) is -1.57. The van der Waals surface area contributed by atoms with Gasteiger partial charge in [-0.15, -0.1) is 0 Å². The highest BCUT2D eigenvalue weighted by Crippen LogP contribution is 2.48. The maximum Gasteiger partial charge on any atom is 0.322 e. The molecule has 6 nitrogen and oxygen atoms in total. The molecule has 1 aromatic rings. The van der Waals surface area contributed by atoms with Crippen molar-refractivity contribution in [1.29, 1.82) is 0 Å². The number of esters is 1. The number of allylic oxidation sites excluding steroid dienone is 1. The van der Waals surface area contributed by atoms with Crippen molar-refractivity contribution < 1.29 is 23.9 Å². The number of nitrogens with one attached hydrogen (secondary N) is 1. The van der Waals surface area contributed by atoms with Crippen LogP contribution in [0.1, 0.15) is 22.3 Å². The molecule has 2 aliphatic rings. The molecule has 114 valence electrons. The van der Waals surface area contributed by atoms with Crippen molar-refractivity contribution in [1.82, 2.24) is 5.32 Å². The minimum absolute atomic E-state index is 0.191. The Morgan fingerprint density at radius 1 is 1.23 bits per heavy atom. The molecule has 0 spiro atoms. The molecule has 0 bridgehead atoms. The Morgan fingerprint density at radius 3 is 2.64 bits per heavy atom. The number of ketones is 1. The fraction of sp³-hybridized carbons (Fsp3) is 0.312. The van der Waals surface area contributed by atoms with Crippen molar-refractivity contribution in [2.45, 2.75) is 17.6 Å². The molecule has 0 saturated carbocycles. The molecule has 1 unspecified atom stereocenters. The average Bonchev–Trinajstić information content (AvgIpc) is 2.55. The van der Waals surface area contributed by atoms with Gasteiger partial charge in [-0.05, 0) is 24.1 Å². The Bertz CT molecular complexity index is 710. The second-order valence-corrected chi connectivity index (χ2v) is 5.25. The molecule has 1 heterocycles. The van der Waals surface area contributed by atoms with E-state index in [1.54, 1.807) is 30.3 Å². The number of benzene rings is 1. The van der Waals surface area contributed by atoms with Gasteiger partial charge in [0, 0.05) is 12.7 Å². The van der Waals surface area contributed by atoms with Crippen molar-refractivity contribution >= 4 is 17.7 Å². The molecule has 6 heteroatoms. The van der Waals surface area contributed by atoms with Gasteiger partial charge in [0.1, 0.15) is 0 Å². The van der Waals surface area contributed by atoms with Gasteiger partial charge >= 0.3 is 5.97 Å². The van der Waals surface area contributed by atoms with Crippen molar-refractivity contribution in [2.24, 2.45) is 0 Å². The Kier molecular flexibility index (Phi) is 3.14. The summed E-state index contributed by atoms with van der Waals surface area (Å²) < 4.78 is 10.4. The first-order chi connectivity index (χ1) is 10.5. The molecule has 22 heavy (non-hydrogen) atoms. The van der Waals surface area contributed by atoms with Crippen LogP contribution in [0, 0.1) is 0 Å². The van der Waals surface area contributed by atoms with Crippen LogP contribution in [0.5, 0.6) is 0 Å². The molecule has 1 amide bonds. The lowest BCUT2D eigenvalue weighted by molar-refractivity contribution is -0.175. The van der Waals surface area contributed by atoms with Crippen molar-refractivity contribution in [3.05, 3.63) is 47.5 Å². The topological polar surface area (TPSA) is 81.7 Å². The normalized spacial score (nSPS) is 29.4. The predicted octanol–water partition coefficient (Wildman–Crippen LogP) is 0.712. The number of hydrogen-bond donors (Lipinski definition) is 1. The van der Waals surface area contributed by atoms with Gasteiger partial charge < -0.3 is 14.8 Å². The number of fused-ring (bicyclic) bond motifs is 3. The van der Waals surface area contributed by atoms with E-state index in [0.717, 1.165) is 0 Å². The molecule has 0 fully saturated rings. The summed E-state index contributed by atoms with van der Waals surface area (Å²) in [4.78, 5) is 37.6. The molecule has 2 atom stereocenters. The van der Waals surface area contributed by atoms with Gasteiger partial charge in [-0.3, -0.25) is 14.4 Å². The van der Waals surface area contributed by atoms with Gasteiger partial charge in [0.05, 0.1) is 7.11 Å². The first kappa shape index (κ1) is 14.5. The smallest absolute Gasteiger partial charge is 0.322 e. The Morgan fingerprint density at radius 2 is 1.95 bits per heavy atom. The third kappa shape index (κ3) is 1.50. The summed E-state index contributed by atoms with van der Waals surface area (Å²) in [6.45, 7) is 0. The average molecular weight is 301 g/mol. The lowest BCUT2D eigenvalue weighted by Gasteiger charge is -2.50. The number of carbonyl (C=O) groups excluding carboxylic acids is 3. The van der Waals surface area contributed by atoms with Crippen LogP contribution in [0.4, 0.5) is 0 Å². The maximum absolute atomic E-state index is 12.7. The van der Waals surface area contributed by atoms with Crippen molar-refractivity contribution in [2.75, 3.05) is 14.2 Å². The molecule has 1 aliphatic heterocycles. The highest BCUT2D eigenvalue weighted by atomic mass is 16.5. The summed E-state index contributed by atoms with van der Waals surface area (Å²) in [7, 11) is 2.54. The van der Waals surface area contributed by atoms with Gasteiger partial charge in [-0.25, -0.2) is 0 Å². The van der Waals surface area contributed by atoms with Crippen LogP contribution in [0.2, 0.25) is 0 Å². The van der Waals surface area contributed by atoms with E-state index in [2.05, 4.69) is 5.32 Å². The molecule has 1 aromatic carbocycles. The van der Waals surface area contributed by atoms with Crippen LogP contribution in [0.15, 0.2) is 36.4 Å². The third-order valence-corrected chi connectivity index (χ3v) is 4.40. The first-order valence-electron chi connectivity index (χ1n) is 6.80. The van der Waals surface area contributed by atoms with E-state index in [4.69, 9.17) is 9.47 Å². The minimum atomic E-state index is -1.79. The molecule has 0 radical (unpaired) electrons. The van der Waals surface area contributed by atoms with Crippen LogP contribution < -0.4 is 5.32 Å². The number of hydrogen-bond acceptors (Lipinski definition) is 5. The maximum atomic E-state index is 12.7. The van der Waals surface area contributed by atoms with Crippen LogP contribution in [0.3, 0.4) is 0 Å². The zero-order chi connectivity index (χ0) is 16.0. The zero-order valence-electron chi connectivity index (χ0n) is 12.2. The monoisotopic (exact) mass is 301 g/mol. The molecule has 1 N–H and O–H groups in total. The van der Waals surface area contributed by atoms with Crippen LogP contribution in [-0.4, -0.2) is 37.6 Å². The first-order valence-corrected chi connectivity index (χ1v) is 6.80. The standard InChI is InChI=1S/C16H15NO5/c1-21-14(20)15-9-5-8-12(18)16(15,22-2)17-13(19)10-6-3-4-7-11(10)15/h3-8H,9H2,1-2H3,(H,17,19)/t15-,16?/m1/s1. The van der Waals surface area contributed by atoms with Gasteiger partial charge in [-0.1, -0.05) is 24.3 Å². The molecular weight excluding hydrogens is 286 g/mol.